The molecule has 1 saturated heterocycles. The van der Waals surface area contributed by atoms with E-state index >= 15 is 0 Å². The Morgan fingerprint density at radius 2 is 2.15 bits per heavy atom. The number of hydrogen-bond acceptors (Lipinski definition) is 4. The number of fused-ring (bicyclic) bond motifs is 1. The minimum atomic E-state index is -0.0114. The van der Waals surface area contributed by atoms with Gasteiger partial charge in [0.15, 0.2) is 5.58 Å². The molecule has 1 N–H and O–H groups in total. The van der Waals surface area contributed by atoms with Crippen LogP contribution in [0.15, 0.2) is 40.8 Å². The first kappa shape index (κ1) is 18.1. The van der Waals surface area contributed by atoms with Crippen LogP contribution in [0.4, 0.5) is 6.01 Å². The number of benzene rings is 2. The van der Waals surface area contributed by atoms with Gasteiger partial charge in [-0.05, 0) is 43.5 Å². The Bertz CT molecular complexity index is 1000. The molecular weight excluding hydrogens is 385 g/mol. The van der Waals surface area contributed by atoms with Gasteiger partial charge in [0.25, 0.3) is 11.9 Å². The van der Waals surface area contributed by atoms with Crippen LogP contribution in [-0.2, 0) is 0 Å². The third-order valence-corrected chi connectivity index (χ3v) is 5.38. The number of rotatable bonds is 4. The molecule has 2 aromatic carbocycles. The van der Waals surface area contributed by atoms with Crippen LogP contribution >= 0.6 is 23.2 Å². The van der Waals surface area contributed by atoms with Crippen molar-refractivity contribution in [2.75, 3.05) is 25.0 Å². The molecule has 140 valence electrons. The number of amides is 1. The summed E-state index contributed by atoms with van der Waals surface area (Å²) in [5, 5.41) is 4.34. The Kier molecular flexibility index (Phi) is 4.98. The summed E-state index contributed by atoms with van der Waals surface area (Å²) < 4.78 is 5.68. The number of nitrogens with one attached hydrogen (secondary N) is 1. The van der Waals surface area contributed by atoms with E-state index in [1.807, 2.05) is 30.0 Å². The van der Waals surface area contributed by atoms with E-state index in [4.69, 9.17) is 27.6 Å². The molecule has 0 radical (unpaired) electrons. The molecule has 0 aliphatic carbocycles. The van der Waals surface area contributed by atoms with E-state index in [1.54, 1.807) is 18.2 Å². The molecule has 2 heterocycles. The van der Waals surface area contributed by atoms with Crippen LogP contribution in [0.1, 0.15) is 22.3 Å². The molecule has 0 bridgehead atoms. The summed E-state index contributed by atoms with van der Waals surface area (Å²) in [5.74, 6) is 0.318. The van der Waals surface area contributed by atoms with Crippen molar-refractivity contribution >= 4 is 46.2 Å². The third kappa shape index (κ3) is 3.89. The Morgan fingerprint density at radius 3 is 3.00 bits per heavy atom. The van der Waals surface area contributed by atoms with Gasteiger partial charge in [-0.15, -0.1) is 0 Å². The highest BCUT2D eigenvalue weighted by Crippen LogP contribution is 2.25. The maximum Gasteiger partial charge on any atom is 0.295 e. The monoisotopic (exact) mass is 403 g/mol. The van der Waals surface area contributed by atoms with Crippen molar-refractivity contribution in [1.82, 2.24) is 9.88 Å². The summed E-state index contributed by atoms with van der Waals surface area (Å²) in [6, 6.07) is 11.4. The van der Waals surface area contributed by atoms with Crippen LogP contribution in [0.2, 0.25) is 10.0 Å². The lowest BCUT2D eigenvalue weighted by Gasteiger charge is -2.17. The van der Waals surface area contributed by atoms with Gasteiger partial charge in [0.05, 0.1) is 10.6 Å². The van der Waals surface area contributed by atoms with Crippen LogP contribution in [-0.4, -0.2) is 35.4 Å². The SMILES string of the molecule is Cc1ccc(Cl)c(C(=O)N2CCC(CNc3nc4ccc(Cl)cc4o3)C2)c1. The van der Waals surface area contributed by atoms with Gasteiger partial charge in [-0.3, -0.25) is 4.79 Å². The zero-order valence-corrected chi connectivity index (χ0v) is 16.3. The van der Waals surface area contributed by atoms with Crippen LogP contribution < -0.4 is 5.32 Å². The first-order valence-corrected chi connectivity index (χ1v) is 9.60. The number of carbonyl (C=O) groups excluding carboxylic acids is 1. The molecule has 1 aliphatic heterocycles. The predicted molar refractivity (Wildman–Crippen MR) is 108 cm³/mol. The summed E-state index contributed by atoms with van der Waals surface area (Å²) in [6.07, 6.45) is 0.925. The number of carbonyl (C=O) groups is 1. The Hall–Kier alpha value is -2.24. The predicted octanol–water partition coefficient (Wildman–Crippen LogP) is 5.02. The normalized spacial score (nSPS) is 16.9. The lowest BCUT2D eigenvalue weighted by molar-refractivity contribution is 0.0788. The summed E-state index contributed by atoms with van der Waals surface area (Å²) in [7, 11) is 0. The van der Waals surface area contributed by atoms with E-state index in [0.29, 0.717) is 46.2 Å². The first-order chi connectivity index (χ1) is 13.0. The number of oxazole rings is 1. The van der Waals surface area contributed by atoms with E-state index in [1.165, 1.54) is 0 Å². The zero-order valence-electron chi connectivity index (χ0n) is 14.8. The average molecular weight is 404 g/mol. The van der Waals surface area contributed by atoms with E-state index in [-0.39, 0.29) is 5.91 Å². The molecule has 1 aromatic heterocycles. The molecule has 1 atom stereocenters. The van der Waals surface area contributed by atoms with E-state index < -0.39 is 0 Å². The standard InChI is InChI=1S/C20H19Cl2N3O2/c1-12-2-4-16(22)15(8-12)19(26)25-7-6-13(11-25)10-23-20-24-17-5-3-14(21)9-18(17)27-20/h2-5,8-9,13H,6-7,10-11H2,1H3,(H,23,24). The molecule has 3 aromatic rings. The van der Waals surface area contributed by atoms with Crippen LogP contribution in [0.5, 0.6) is 0 Å². The number of halogens is 2. The average Bonchev–Trinajstić information content (AvgIpc) is 3.27. The largest absolute Gasteiger partial charge is 0.424 e. The Morgan fingerprint density at radius 1 is 1.30 bits per heavy atom. The van der Waals surface area contributed by atoms with Gasteiger partial charge >= 0.3 is 0 Å². The second-order valence-corrected chi connectivity index (χ2v) is 7.74. The minimum absolute atomic E-state index is 0.0114. The second kappa shape index (κ2) is 7.41. The van der Waals surface area contributed by atoms with Crippen molar-refractivity contribution in [1.29, 1.82) is 0 Å². The second-order valence-electron chi connectivity index (χ2n) is 6.90. The van der Waals surface area contributed by atoms with Crippen molar-refractivity contribution in [3.63, 3.8) is 0 Å². The van der Waals surface area contributed by atoms with Crippen LogP contribution in [0.3, 0.4) is 0 Å². The highest BCUT2D eigenvalue weighted by atomic mass is 35.5. The number of likely N-dealkylation sites (tertiary alicyclic amines) is 1. The fraction of sp³-hybridized carbons (Fsp3) is 0.300. The number of hydrogen-bond donors (Lipinski definition) is 1. The molecule has 7 heteroatoms. The van der Waals surface area contributed by atoms with E-state index in [2.05, 4.69) is 10.3 Å². The molecule has 0 spiro atoms. The first-order valence-electron chi connectivity index (χ1n) is 8.85. The summed E-state index contributed by atoms with van der Waals surface area (Å²) >= 11 is 12.2. The van der Waals surface area contributed by atoms with Gasteiger partial charge in [-0.2, -0.15) is 4.98 Å². The number of aromatic nitrogens is 1. The van der Waals surface area contributed by atoms with Gasteiger partial charge in [0, 0.05) is 30.7 Å². The molecule has 1 unspecified atom stereocenters. The third-order valence-electron chi connectivity index (χ3n) is 4.82. The molecule has 5 nitrogen and oxygen atoms in total. The molecule has 1 fully saturated rings. The summed E-state index contributed by atoms with van der Waals surface area (Å²) in [5.41, 5.74) is 3.01. The lowest BCUT2D eigenvalue weighted by atomic mass is 10.1. The van der Waals surface area contributed by atoms with Crippen molar-refractivity contribution in [2.45, 2.75) is 13.3 Å². The quantitative estimate of drug-likeness (QED) is 0.664. The van der Waals surface area contributed by atoms with Crippen molar-refractivity contribution in [3.05, 3.63) is 57.6 Å². The van der Waals surface area contributed by atoms with Gasteiger partial charge in [0.2, 0.25) is 0 Å². The van der Waals surface area contributed by atoms with Crippen LogP contribution in [0, 0.1) is 12.8 Å². The number of nitrogens with zero attached hydrogens (tertiary/aromatic N) is 2. The lowest BCUT2D eigenvalue weighted by Crippen LogP contribution is -2.30. The molecule has 1 aliphatic rings. The minimum Gasteiger partial charge on any atom is -0.424 e. The molecule has 27 heavy (non-hydrogen) atoms. The maximum absolute atomic E-state index is 12.8. The fourth-order valence-corrected chi connectivity index (χ4v) is 3.72. The summed E-state index contributed by atoms with van der Waals surface area (Å²) in [6.45, 7) is 4.05. The van der Waals surface area contributed by atoms with Crippen molar-refractivity contribution in [3.8, 4) is 0 Å². The van der Waals surface area contributed by atoms with Gasteiger partial charge in [0.1, 0.15) is 5.52 Å². The highest BCUT2D eigenvalue weighted by molar-refractivity contribution is 6.33. The topological polar surface area (TPSA) is 58.4 Å². The zero-order chi connectivity index (χ0) is 19.0. The highest BCUT2D eigenvalue weighted by Gasteiger charge is 2.28. The van der Waals surface area contributed by atoms with Gasteiger partial charge in [-0.1, -0.05) is 34.8 Å². The van der Waals surface area contributed by atoms with Gasteiger partial charge in [-0.25, -0.2) is 0 Å². The Labute approximate surface area is 167 Å². The number of anilines is 1. The van der Waals surface area contributed by atoms with E-state index in [0.717, 1.165) is 24.0 Å². The maximum atomic E-state index is 12.8. The van der Waals surface area contributed by atoms with Crippen molar-refractivity contribution in [2.24, 2.45) is 5.92 Å². The van der Waals surface area contributed by atoms with Gasteiger partial charge < -0.3 is 14.6 Å². The molecule has 1 amide bonds. The smallest absolute Gasteiger partial charge is 0.295 e. The van der Waals surface area contributed by atoms with Crippen molar-refractivity contribution < 1.29 is 9.21 Å². The molecular formula is C20H19Cl2N3O2. The van der Waals surface area contributed by atoms with E-state index in [9.17, 15) is 4.79 Å². The molecule has 4 rings (SSSR count). The molecule has 0 saturated carbocycles. The number of aryl methyl sites for hydroxylation is 1. The van der Waals surface area contributed by atoms with Crippen LogP contribution in [0.25, 0.3) is 11.1 Å². The summed E-state index contributed by atoms with van der Waals surface area (Å²) in [4.78, 5) is 19.0. The Balaban J connectivity index is 1.37. The fourth-order valence-electron chi connectivity index (χ4n) is 3.36.